The van der Waals surface area contributed by atoms with E-state index < -0.39 is 28.5 Å². The molecule has 0 spiro atoms. The van der Waals surface area contributed by atoms with Crippen molar-refractivity contribution in [1.82, 2.24) is 10.2 Å². The van der Waals surface area contributed by atoms with Gasteiger partial charge in [-0.05, 0) is 66.9 Å². The zero-order valence-electron chi connectivity index (χ0n) is 22.5. The number of benzene rings is 3. The smallest absolute Gasteiger partial charge is 0.264 e. The predicted molar refractivity (Wildman–Crippen MR) is 156 cm³/mol. The average molecular weight is 617 g/mol. The highest BCUT2D eigenvalue weighted by Gasteiger charge is 2.32. The molecule has 0 unspecified atom stereocenters. The number of sulfonamides is 1. The topological polar surface area (TPSA) is 96.0 Å². The second kappa shape index (κ2) is 13.6. The molecule has 208 valence electrons. The third-order valence-corrected chi connectivity index (χ3v) is 8.41. The van der Waals surface area contributed by atoms with Gasteiger partial charge in [0.05, 0.1) is 17.7 Å². The number of nitrogens with zero attached hydrogens (tertiary/aromatic N) is 2. The first-order valence-electron chi connectivity index (χ1n) is 12.6. The summed E-state index contributed by atoms with van der Waals surface area (Å²) < 4.78 is 34.6. The largest absolute Gasteiger partial charge is 0.497 e. The lowest BCUT2D eigenvalue weighted by Crippen LogP contribution is -2.51. The summed E-state index contributed by atoms with van der Waals surface area (Å²) in [7, 11) is -2.53. The van der Waals surface area contributed by atoms with Crippen LogP contribution in [0.2, 0.25) is 0 Å². The summed E-state index contributed by atoms with van der Waals surface area (Å²) in [4.78, 5) is 28.4. The highest BCUT2D eigenvalue weighted by atomic mass is 79.9. The Hall–Kier alpha value is -3.37. The number of carbonyl (C=O) groups is 2. The SMILES string of the molecule is COc1ccc(CN(C(=O)CN(c2ccc(Br)cc2)S(=O)(=O)c2ccccc2)[C@H](C)C(=O)NCC(C)C)cc1. The van der Waals surface area contributed by atoms with Gasteiger partial charge in [0.1, 0.15) is 18.3 Å². The number of amides is 2. The van der Waals surface area contributed by atoms with Gasteiger partial charge in [-0.15, -0.1) is 0 Å². The van der Waals surface area contributed by atoms with E-state index in [1.807, 2.05) is 26.0 Å². The zero-order chi connectivity index (χ0) is 28.6. The molecule has 0 radical (unpaired) electrons. The molecule has 1 N–H and O–H groups in total. The molecule has 2 amide bonds. The summed E-state index contributed by atoms with van der Waals surface area (Å²) in [5.74, 6) is 0.0673. The molecule has 0 bridgehead atoms. The van der Waals surface area contributed by atoms with Crippen molar-refractivity contribution in [3.63, 3.8) is 0 Å². The first-order chi connectivity index (χ1) is 18.5. The van der Waals surface area contributed by atoms with Crippen molar-refractivity contribution in [2.75, 3.05) is 24.5 Å². The highest BCUT2D eigenvalue weighted by molar-refractivity contribution is 9.10. The van der Waals surface area contributed by atoms with Crippen LogP contribution in [-0.4, -0.2) is 51.4 Å². The van der Waals surface area contributed by atoms with Gasteiger partial charge in [-0.2, -0.15) is 0 Å². The van der Waals surface area contributed by atoms with Gasteiger partial charge in [0.15, 0.2) is 0 Å². The molecule has 0 saturated carbocycles. The minimum atomic E-state index is -4.09. The fourth-order valence-corrected chi connectivity index (χ4v) is 5.52. The molecule has 0 saturated heterocycles. The number of hydrogen-bond acceptors (Lipinski definition) is 5. The van der Waals surface area contributed by atoms with Crippen LogP contribution in [-0.2, 0) is 26.2 Å². The monoisotopic (exact) mass is 615 g/mol. The van der Waals surface area contributed by atoms with Crippen LogP contribution >= 0.6 is 15.9 Å². The van der Waals surface area contributed by atoms with Gasteiger partial charge in [-0.1, -0.05) is 60.1 Å². The standard InChI is InChI=1S/C29H34BrN3O5S/c1-21(2)18-31-29(35)22(3)32(19-23-10-16-26(38-4)17-11-23)28(34)20-33(25-14-12-24(30)13-15-25)39(36,37)27-8-6-5-7-9-27/h5-17,21-22H,18-20H2,1-4H3,(H,31,35)/t22-/m1/s1. The third kappa shape index (κ3) is 8.06. The average Bonchev–Trinajstić information content (AvgIpc) is 2.94. The summed E-state index contributed by atoms with van der Waals surface area (Å²) in [5.41, 5.74) is 1.10. The zero-order valence-corrected chi connectivity index (χ0v) is 24.9. The number of methoxy groups -OCH3 is 1. The molecule has 10 heteroatoms. The first kappa shape index (κ1) is 30.2. The van der Waals surface area contributed by atoms with Crippen molar-refractivity contribution in [3.05, 3.63) is 88.9 Å². The van der Waals surface area contributed by atoms with Crippen LogP contribution in [0, 0.1) is 5.92 Å². The number of hydrogen-bond donors (Lipinski definition) is 1. The molecule has 3 rings (SSSR count). The Kier molecular flexibility index (Phi) is 10.5. The van der Waals surface area contributed by atoms with E-state index in [4.69, 9.17) is 4.74 Å². The second-order valence-electron chi connectivity index (χ2n) is 9.49. The van der Waals surface area contributed by atoms with E-state index in [9.17, 15) is 18.0 Å². The van der Waals surface area contributed by atoms with Gasteiger partial charge >= 0.3 is 0 Å². The van der Waals surface area contributed by atoms with Crippen molar-refractivity contribution >= 4 is 43.5 Å². The Morgan fingerprint density at radius 1 is 0.923 bits per heavy atom. The predicted octanol–water partition coefficient (Wildman–Crippen LogP) is 4.84. The summed E-state index contributed by atoms with van der Waals surface area (Å²) in [5, 5.41) is 2.88. The van der Waals surface area contributed by atoms with Crippen LogP contribution in [0.4, 0.5) is 5.69 Å². The minimum absolute atomic E-state index is 0.0603. The molecular weight excluding hydrogens is 582 g/mol. The molecule has 3 aromatic rings. The van der Waals surface area contributed by atoms with E-state index in [2.05, 4.69) is 21.2 Å². The molecule has 0 aliphatic carbocycles. The summed E-state index contributed by atoms with van der Waals surface area (Å²) >= 11 is 3.37. The van der Waals surface area contributed by atoms with E-state index in [0.29, 0.717) is 18.0 Å². The lowest BCUT2D eigenvalue weighted by atomic mass is 10.1. The summed E-state index contributed by atoms with van der Waals surface area (Å²) in [6.07, 6.45) is 0. The molecule has 0 heterocycles. The maximum atomic E-state index is 13.9. The van der Waals surface area contributed by atoms with Crippen LogP contribution in [0.1, 0.15) is 26.3 Å². The van der Waals surface area contributed by atoms with Gasteiger partial charge in [0.2, 0.25) is 11.8 Å². The quantitative estimate of drug-likeness (QED) is 0.314. The molecular formula is C29H34BrN3O5S. The minimum Gasteiger partial charge on any atom is -0.497 e. The van der Waals surface area contributed by atoms with Gasteiger partial charge in [0.25, 0.3) is 10.0 Å². The van der Waals surface area contributed by atoms with Crippen molar-refractivity contribution in [3.8, 4) is 5.75 Å². The molecule has 0 fully saturated rings. The summed E-state index contributed by atoms with van der Waals surface area (Å²) in [6, 6.07) is 21.0. The normalized spacial score (nSPS) is 12.1. The second-order valence-corrected chi connectivity index (χ2v) is 12.3. The first-order valence-corrected chi connectivity index (χ1v) is 14.8. The van der Waals surface area contributed by atoms with Crippen molar-refractivity contribution < 1.29 is 22.7 Å². The van der Waals surface area contributed by atoms with E-state index in [1.54, 1.807) is 68.6 Å². The molecule has 0 aliphatic rings. The van der Waals surface area contributed by atoms with E-state index in [0.717, 1.165) is 14.3 Å². The fraction of sp³-hybridized carbons (Fsp3) is 0.310. The van der Waals surface area contributed by atoms with E-state index in [1.165, 1.54) is 17.0 Å². The van der Waals surface area contributed by atoms with Crippen molar-refractivity contribution in [2.24, 2.45) is 5.92 Å². The molecule has 8 nitrogen and oxygen atoms in total. The molecule has 0 aromatic heterocycles. The number of anilines is 1. The maximum Gasteiger partial charge on any atom is 0.264 e. The van der Waals surface area contributed by atoms with E-state index in [-0.39, 0.29) is 23.3 Å². The number of rotatable bonds is 12. The molecule has 3 aromatic carbocycles. The van der Waals surface area contributed by atoms with Crippen LogP contribution in [0.3, 0.4) is 0 Å². The lowest BCUT2D eigenvalue weighted by molar-refractivity contribution is -0.139. The highest BCUT2D eigenvalue weighted by Crippen LogP contribution is 2.26. The van der Waals surface area contributed by atoms with Gasteiger partial charge in [-0.25, -0.2) is 8.42 Å². The van der Waals surface area contributed by atoms with Gasteiger partial charge in [0, 0.05) is 17.6 Å². The Morgan fingerprint density at radius 2 is 1.54 bits per heavy atom. The number of halogens is 1. The Balaban J connectivity index is 1.98. The fourth-order valence-electron chi connectivity index (χ4n) is 3.82. The Bertz CT molecular complexity index is 1350. The Morgan fingerprint density at radius 3 is 2.10 bits per heavy atom. The number of ether oxygens (including phenoxy) is 1. The summed E-state index contributed by atoms with van der Waals surface area (Å²) in [6.45, 7) is 5.69. The van der Waals surface area contributed by atoms with Crippen molar-refractivity contribution in [1.29, 1.82) is 0 Å². The number of nitrogens with one attached hydrogen (secondary N) is 1. The van der Waals surface area contributed by atoms with Crippen LogP contribution in [0.15, 0.2) is 88.2 Å². The molecule has 1 atom stereocenters. The number of carbonyl (C=O) groups excluding carboxylic acids is 2. The Labute approximate surface area is 239 Å². The maximum absolute atomic E-state index is 13.9. The van der Waals surface area contributed by atoms with E-state index >= 15 is 0 Å². The molecule has 39 heavy (non-hydrogen) atoms. The van der Waals surface area contributed by atoms with Crippen LogP contribution < -0.4 is 14.4 Å². The van der Waals surface area contributed by atoms with Crippen LogP contribution in [0.5, 0.6) is 5.75 Å². The third-order valence-electron chi connectivity index (χ3n) is 6.09. The van der Waals surface area contributed by atoms with Gasteiger partial charge < -0.3 is 15.0 Å². The van der Waals surface area contributed by atoms with Gasteiger partial charge in [-0.3, -0.25) is 13.9 Å². The molecule has 0 aliphatic heterocycles. The van der Waals surface area contributed by atoms with Crippen LogP contribution in [0.25, 0.3) is 0 Å². The lowest BCUT2D eigenvalue weighted by Gasteiger charge is -2.32. The van der Waals surface area contributed by atoms with Crippen molar-refractivity contribution in [2.45, 2.75) is 38.3 Å².